The van der Waals surface area contributed by atoms with E-state index in [0.717, 1.165) is 11.4 Å². The Hall–Kier alpha value is -2.49. The molecule has 0 atom stereocenters. The zero-order valence-corrected chi connectivity index (χ0v) is 11.9. The Morgan fingerprint density at radius 2 is 1.62 bits per heavy atom. The molecule has 0 spiro atoms. The van der Waals surface area contributed by atoms with Crippen LogP contribution in [0.15, 0.2) is 54.6 Å². The van der Waals surface area contributed by atoms with Gasteiger partial charge in [0, 0.05) is 37.4 Å². The zero-order chi connectivity index (χ0) is 14.8. The molecule has 4 heteroatoms. The molecule has 1 heterocycles. The minimum atomic E-state index is -0.827. The van der Waals surface area contributed by atoms with Gasteiger partial charge in [0.05, 0.1) is 0 Å². The van der Waals surface area contributed by atoms with Crippen LogP contribution in [0.2, 0.25) is 0 Å². The van der Waals surface area contributed by atoms with Crippen LogP contribution in [0.1, 0.15) is 11.5 Å². The minimum absolute atomic E-state index is 0.331. The van der Waals surface area contributed by atoms with Gasteiger partial charge in [-0.25, -0.2) is 4.79 Å². The summed E-state index contributed by atoms with van der Waals surface area (Å²) < 4.78 is 0. The first-order valence-corrected chi connectivity index (χ1v) is 7.02. The van der Waals surface area contributed by atoms with E-state index in [0.29, 0.717) is 19.0 Å². The summed E-state index contributed by atoms with van der Waals surface area (Å²) in [4.78, 5) is 14.4. The van der Waals surface area contributed by atoms with E-state index in [-0.39, 0.29) is 0 Å². The van der Waals surface area contributed by atoms with Crippen LogP contribution in [0.5, 0.6) is 0 Å². The number of likely N-dealkylation sites (tertiary alicyclic amines) is 1. The molecule has 1 fully saturated rings. The van der Waals surface area contributed by atoms with E-state index >= 15 is 0 Å². The van der Waals surface area contributed by atoms with E-state index in [9.17, 15) is 4.79 Å². The number of anilines is 2. The van der Waals surface area contributed by atoms with Crippen molar-refractivity contribution in [1.82, 2.24) is 4.90 Å². The SMILES string of the molecule is CN(c1ccccc1)c1ccc(C2CN(C(=O)O)C2)cc1. The van der Waals surface area contributed by atoms with Gasteiger partial charge in [0.15, 0.2) is 0 Å². The highest BCUT2D eigenvalue weighted by molar-refractivity contribution is 5.67. The number of hydrogen-bond donors (Lipinski definition) is 1. The molecule has 1 N–H and O–H groups in total. The van der Waals surface area contributed by atoms with E-state index in [2.05, 4.69) is 41.3 Å². The van der Waals surface area contributed by atoms with Gasteiger partial charge in [-0.2, -0.15) is 0 Å². The molecule has 1 amide bonds. The van der Waals surface area contributed by atoms with Crippen molar-refractivity contribution in [2.45, 2.75) is 5.92 Å². The Kier molecular flexibility index (Phi) is 3.52. The molecule has 0 radical (unpaired) electrons. The molecule has 1 saturated heterocycles. The van der Waals surface area contributed by atoms with Gasteiger partial charge in [-0.05, 0) is 29.8 Å². The van der Waals surface area contributed by atoms with Crippen molar-refractivity contribution >= 4 is 17.5 Å². The van der Waals surface area contributed by atoms with Crippen LogP contribution in [0.4, 0.5) is 16.2 Å². The lowest BCUT2D eigenvalue weighted by Crippen LogP contribution is -2.47. The van der Waals surface area contributed by atoms with Gasteiger partial charge in [0.2, 0.25) is 0 Å². The first-order valence-electron chi connectivity index (χ1n) is 7.02. The maximum absolute atomic E-state index is 10.8. The van der Waals surface area contributed by atoms with Crippen LogP contribution >= 0.6 is 0 Å². The lowest BCUT2D eigenvalue weighted by atomic mass is 9.92. The third kappa shape index (κ3) is 2.70. The van der Waals surface area contributed by atoms with E-state index in [1.807, 2.05) is 25.2 Å². The van der Waals surface area contributed by atoms with E-state index in [4.69, 9.17) is 5.11 Å². The van der Waals surface area contributed by atoms with Crippen molar-refractivity contribution in [3.8, 4) is 0 Å². The van der Waals surface area contributed by atoms with Gasteiger partial charge in [-0.3, -0.25) is 0 Å². The van der Waals surface area contributed by atoms with E-state index in [1.54, 1.807) is 0 Å². The predicted octanol–water partition coefficient (Wildman–Crippen LogP) is 3.53. The summed E-state index contributed by atoms with van der Waals surface area (Å²) in [5.74, 6) is 0.331. The van der Waals surface area contributed by atoms with Crippen molar-refractivity contribution in [1.29, 1.82) is 0 Å². The number of para-hydroxylation sites is 1. The maximum Gasteiger partial charge on any atom is 0.407 e. The van der Waals surface area contributed by atoms with E-state index < -0.39 is 6.09 Å². The fraction of sp³-hybridized carbons (Fsp3) is 0.235. The fourth-order valence-electron chi connectivity index (χ4n) is 2.62. The summed E-state index contributed by atoms with van der Waals surface area (Å²) in [7, 11) is 2.04. The Balaban J connectivity index is 1.69. The Morgan fingerprint density at radius 1 is 1.05 bits per heavy atom. The molecule has 3 rings (SSSR count). The summed E-state index contributed by atoms with van der Waals surface area (Å²) in [5.41, 5.74) is 3.48. The number of benzene rings is 2. The molecule has 108 valence electrons. The summed E-state index contributed by atoms with van der Waals surface area (Å²) in [6, 6.07) is 18.6. The molecule has 4 nitrogen and oxygen atoms in total. The van der Waals surface area contributed by atoms with Crippen molar-refractivity contribution in [3.05, 3.63) is 60.2 Å². The fourth-order valence-corrected chi connectivity index (χ4v) is 2.62. The van der Waals surface area contributed by atoms with Crippen molar-refractivity contribution in [3.63, 3.8) is 0 Å². The van der Waals surface area contributed by atoms with Crippen LogP contribution in [0, 0.1) is 0 Å². The van der Waals surface area contributed by atoms with Gasteiger partial charge < -0.3 is 14.9 Å². The second kappa shape index (κ2) is 5.48. The van der Waals surface area contributed by atoms with Crippen molar-refractivity contribution in [2.75, 3.05) is 25.0 Å². The smallest absolute Gasteiger partial charge is 0.407 e. The van der Waals surface area contributed by atoms with Crippen LogP contribution < -0.4 is 4.90 Å². The van der Waals surface area contributed by atoms with Gasteiger partial charge in [-0.1, -0.05) is 30.3 Å². The topological polar surface area (TPSA) is 43.8 Å². The summed E-state index contributed by atoms with van der Waals surface area (Å²) >= 11 is 0. The Bertz CT molecular complexity index is 619. The molecule has 2 aromatic carbocycles. The van der Waals surface area contributed by atoms with Gasteiger partial charge in [-0.15, -0.1) is 0 Å². The monoisotopic (exact) mass is 282 g/mol. The highest BCUT2D eigenvalue weighted by atomic mass is 16.4. The lowest BCUT2D eigenvalue weighted by Gasteiger charge is -2.37. The molecular weight excluding hydrogens is 264 g/mol. The maximum atomic E-state index is 10.8. The number of hydrogen-bond acceptors (Lipinski definition) is 2. The molecular formula is C17H18N2O2. The molecule has 0 saturated carbocycles. The first kappa shape index (κ1) is 13.5. The number of carboxylic acid groups (broad SMARTS) is 1. The molecule has 2 aromatic rings. The summed E-state index contributed by atoms with van der Waals surface area (Å²) in [6.45, 7) is 1.20. The Labute approximate surface area is 124 Å². The molecule has 0 aromatic heterocycles. The van der Waals surface area contributed by atoms with Crippen molar-refractivity contribution in [2.24, 2.45) is 0 Å². The number of amides is 1. The largest absolute Gasteiger partial charge is 0.465 e. The second-order valence-electron chi connectivity index (χ2n) is 5.37. The molecule has 0 bridgehead atoms. The highest BCUT2D eigenvalue weighted by Gasteiger charge is 2.31. The van der Waals surface area contributed by atoms with Crippen LogP contribution in [0.25, 0.3) is 0 Å². The predicted molar refractivity (Wildman–Crippen MR) is 83.3 cm³/mol. The molecule has 1 aliphatic rings. The van der Waals surface area contributed by atoms with Crippen LogP contribution in [-0.2, 0) is 0 Å². The third-order valence-electron chi connectivity index (χ3n) is 4.05. The van der Waals surface area contributed by atoms with Gasteiger partial charge >= 0.3 is 6.09 Å². The van der Waals surface area contributed by atoms with Gasteiger partial charge in [0.25, 0.3) is 0 Å². The number of rotatable bonds is 3. The molecule has 0 unspecified atom stereocenters. The van der Waals surface area contributed by atoms with Crippen LogP contribution in [0.3, 0.4) is 0 Å². The van der Waals surface area contributed by atoms with Crippen LogP contribution in [-0.4, -0.2) is 36.2 Å². The normalized spacial score (nSPS) is 14.6. The Morgan fingerprint density at radius 3 is 2.19 bits per heavy atom. The average Bonchev–Trinajstić information content (AvgIpc) is 2.46. The number of nitrogens with zero attached hydrogens (tertiary/aromatic N) is 2. The minimum Gasteiger partial charge on any atom is -0.465 e. The standard InChI is InChI=1S/C17H18N2O2/c1-18(15-5-3-2-4-6-15)16-9-7-13(8-10-16)14-11-19(12-14)17(20)21/h2-10,14H,11-12H2,1H3,(H,20,21). The summed E-state index contributed by atoms with van der Waals surface area (Å²) in [5, 5.41) is 8.86. The second-order valence-corrected chi connectivity index (χ2v) is 5.37. The lowest BCUT2D eigenvalue weighted by molar-refractivity contribution is 0.105. The summed E-state index contributed by atoms with van der Waals surface area (Å²) in [6.07, 6.45) is -0.827. The molecule has 1 aliphatic heterocycles. The van der Waals surface area contributed by atoms with Gasteiger partial charge in [0.1, 0.15) is 0 Å². The number of carbonyl (C=O) groups is 1. The zero-order valence-electron chi connectivity index (χ0n) is 11.9. The molecule has 21 heavy (non-hydrogen) atoms. The molecule has 0 aliphatic carbocycles. The van der Waals surface area contributed by atoms with Crippen molar-refractivity contribution < 1.29 is 9.90 Å². The van der Waals surface area contributed by atoms with E-state index in [1.165, 1.54) is 10.5 Å². The highest BCUT2D eigenvalue weighted by Crippen LogP contribution is 2.30. The third-order valence-corrected chi connectivity index (χ3v) is 4.05. The first-order chi connectivity index (χ1) is 10.1. The quantitative estimate of drug-likeness (QED) is 0.936. The average molecular weight is 282 g/mol.